The molecule has 3 aromatic rings. The zero-order chi connectivity index (χ0) is 13.2. The van der Waals surface area contributed by atoms with Crippen LogP contribution in [0.25, 0.3) is 11.0 Å². The van der Waals surface area contributed by atoms with E-state index in [-0.39, 0.29) is 5.82 Å². The maximum atomic E-state index is 13.4. The van der Waals surface area contributed by atoms with Crippen LogP contribution >= 0.6 is 11.6 Å². The topological polar surface area (TPSA) is 30.7 Å². The minimum Gasteiger partial charge on any atom is -0.322 e. The fraction of sp³-hybridized carbons (Fsp3) is 0.143. The molecule has 0 saturated carbocycles. The molecule has 5 heteroatoms. The van der Waals surface area contributed by atoms with Gasteiger partial charge in [-0.1, -0.05) is 0 Å². The highest BCUT2D eigenvalue weighted by Crippen LogP contribution is 2.20. The summed E-state index contributed by atoms with van der Waals surface area (Å²) < 4.78 is 15.3. The van der Waals surface area contributed by atoms with Gasteiger partial charge in [-0.15, -0.1) is 11.6 Å². The molecule has 3 rings (SSSR count). The van der Waals surface area contributed by atoms with Crippen molar-refractivity contribution >= 4 is 22.6 Å². The number of nitrogens with zero attached hydrogens (tertiary/aromatic N) is 3. The van der Waals surface area contributed by atoms with Crippen LogP contribution in [0.4, 0.5) is 4.39 Å². The molecule has 0 aliphatic rings. The lowest BCUT2D eigenvalue weighted by atomic mass is 10.2. The van der Waals surface area contributed by atoms with Crippen molar-refractivity contribution < 1.29 is 4.39 Å². The number of pyridine rings is 1. The minimum atomic E-state index is -0.274. The van der Waals surface area contributed by atoms with Gasteiger partial charge < -0.3 is 4.57 Å². The number of fused-ring (bicyclic) bond motifs is 1. The molecule has 0 fully saturated rings. The van der Waals surface area contributed by atoms with E-state index in [0.717, 1.165) is 22.4 Å². The first-order valence-electron chi connectivity index (χ1n) is 5.87. The summed E-state index contributed by atoms with van der Waals surface area (Å²) in [6, 6.07) is 8.40. The van der Waals surface area contributed by atoms with Crippen molar-refractivity contribution in [2.75, 3.05) is 0 Å². The Bertz CT molecular complexity index is 709. The van der Waals surface area contributed by atoms with Gasteiger partial charge in [0.2, 0.25) is 0 Å². The molecule has 0 unspecified atom stereocenters. The molecule has 0 aliphatic carbocycles. The van der Waals surface area contributed by atoms with E-state index in [1.54, 1.807) is 18.5 Å². The van der Waals surface area contributed by atoms with Crippen molar-refractivity contribution in [2.45, 2.75) is 12.4 Å². The predicted octanol–water partition coefficient (Wildman–Crippen LogP) is 3.36. The van der Waals surface area contributed by atoms with Gasteiger partial charge in [0.15, 0.2) is 0 Å². The van der Waals surface area contributed by atoms with Crippen LogP contribution in [-0.2, 0) is 12.4 Å². The molecule has 0 bridgehead atoms. The van der Waals surface area contributed by atoms with E-state index in [2.05, 4.69) is 9.97 Å². The van der Waals surface area contributed by atoms with Gasteiger partial charge in [-0.2, -0.15) is 0 Å². The summed E-state index contributed by atoms with van der Waals surface area (Å²) in [5.41, 5.74) is 2.59. The number of halogens is 2. The van der Waals surface area contributed by atoms with Crippen LogP contribution in [0, 0.1) is 5.82 Å². The van der Waals surface area contributed by atoms with E-state index in [9.17, 15) is 4.39 Å². The van der Waals surface area contributed by atoms with Gasteiger partial charge in [0.25, 0.3) is 0 Å². The first-order valence-corrected chi connectivity index (χ1v) is 6.41. The normalized spacial score (nSPS) is 11.1. The molecule has 0 saturated heterocycles. The molecule has 19 heavy (non-hydrogen) atoms. The zero-order valence-electron chi connectivity index (χ0n) is 10.1. The van der Waals surface area contributed by atoms with Gasteiger partial charge >= 0.3 is 0 Å². The molecule has 0 atom stereocenters. The number of imidazole rings is 1. The lowest BCUT2D eigenvalue weighted by molar-refractivity contribution is 0.628. The Morgan fingerprint density at radius 1 is 1.16 bits per heavy atom. The Morgan fingerprint density at radius 2 is 1.95 bits per heavy atom. The largest absolute Gasteiger partial charge is 0.322 e. The summed E-state index contributed by atoms with van der Waals surface area (Å²) in [4.78, 5) is 8.40. The number of alkyl halides is 1. The number of rotatable bonds is 3. The van der Waals surface area contributed by atoms with Crippen LogP contribution in [-0.4, -0.2) is 14.5 Å². The fourth-order valence-corrected chi connectivity index (χ4v) is 2.30. The lowest BCUT2D eigenvalue weighted by Gasteiger charge is -2.07. The summed E-state index contributed by atoms with van der Waals surface area (Å²) in [5, 5.41) is 0. The van der Waals surface area contributed by atoms with Gasteiger partial charge in [-0.3, -0.25) is 4.98 Å². The summed E-state index contributed by atoms with van der Waals surface area (Å²) in [5.74, 6) is 0.755. The monoisotopic (exact) mass is 275 g/mol. The van der Waals surface area contributed by atoms with Crippen LogP contribution in [0.15, 0.2) is 42.7 Å². The molecule has 2 heterocycles. The summed E-state index contributed by atoms with van der Waals surface area (Å²) in [7, 11) is 0. The maximum absolute atomic E-state index is 13.4. The summed E-state index contributed by atoms with van der Waals surface area (Å²) in [6.45, 7) is 0.602. The van der Waals surface area contributed by atoms with Crippen LogP contribution in [0.5, 0.6) is 0 Å². The second kappa shape index (κ2) is 4.97. The molecule has 0 N–H and O–H groups in total. The molecule has 0 amide bonds. The Labute approximate surface area is 114 Å². The molecular formula is C14H11ClFN3. The van der Waals surface area contributed by atoms with Gasteiger partial charge in [0, 0.05) is 18.9 Å². The average molecular weight is 276 g/mol. The van der Waals surface area contributed by atoms with E-state index >= 15 is 0 Å². The Morgan fingerprint density at radius 3 is 2.68 bits per heavy atom. The summed E-state index contributed by atoms with van der Waals surface area (Å²) >= 11 is 5.92. The number of benzene rings is 1. The molecule has 1 aromatic carbocycles. The van der Waals surface area contributed by atoms with Crippen LogP contribution in [0.1, 0.15) is 11.4 Å². The van der Waals surface area contributed by atoms with Crippen molar-refractivity contribution in [1.82, 2.24) is 14.5 Å². The summed E-state index contributed by atoms with van der Waals surface area (Å²) in [6.07, 6.45) is 3.46. The second-order valence-electron chi connectivity index (χ2n) is 4.24. The van der Waals surface area contributed by atoms with Gasteiger partial charge in [0.1, 0.15) is 11.6 Å². The van der Waals surface area contributed by atoms with Gasteiger partial charge in [-0.05, 0) is 35.9 Å². The first-order chi connectivity index (χ1) is 9.28. The third-order valence-corrected chi connectivity index (χ3v) is 3.24. The molecule has 0 spiro atoms. The standard InChI is InChI=1S/C14H11ClFN3/c15-8-14-18-12-2-1-11(16)7-13(12)19(14)9-10-3-5-17-6-4-10/h1-7H,8-9H2. The Hall–Kier alpha value is -1.94. The number of hydrogen-bond acceptors (Lipinski definition) is 2. The lowest BCUT2D eigenvalue weighted by Crippen LogP contribution is -2.04. The van der Waals surface area contributed by atoms with Crippen LogP contribution in [0.2, 0.25) is 0 Å². The third kappa shape index (κ3) is 2.31. The Balaban J connectivity index is 2.12. The smallest absolute Gasteiger partial charge is 0.125 e. The number of hydrogen-bond donors (Lipinski definition) is 0. The fourth-order valence-electron chi connectivity index (χ4n) is 2.09. The highest BCUT2D eigenvalue weighted by atomic mass is 35.5. The van der Waals surface area contributed by atoms with E-state index in [4.69, 9.17) is 11.6 Å². The zero-order valence-corrected chi connectivity index (χ0v) is 10.8. The van der Waals surface area contributed by atoms with Crippen molar-refractivity contribution in [3.05, 3.63) is 59.9 Å². The second-order valence-corrected chi connectivity index (χ2v) is 4.50. The van der Waals surface area contributed by atoms with Crippen LogP contribution in [0.3, 0.4) is 0 Å². The molecule has 3 nitrogen and oxygen atoms in total. The SMILES string of the molecule is Fc1ccc2nc(CCl)n(Cc3ccncc3)c2c1. The van der Waals surface area contributed by atoms with Crippen molar-refractivity contribution in [3.63, 3.8) is 0 Å². The molecular weight excluding hydrogens is 265 g/mol. The highest BCUT2D eigenvalue weighted by molar-refractivity contribution is 6.16. The molecule has 2 aromatic heterocycles. The third-order valence-electron chi connectivity index (χ3n) is 3.00. The maximum Gasteiger partial charge on any atom is 0.125 e. The van der Waals surface area contributed by atoms with Crippen LogP contribution < -0.4 is 0 Å². The van der Waals surface area contributed by atoms with E-state index in [0.29, 0.717) is 12.4 Å². The minimum absolute atomic E-state index is 0.274. The Kier molecular flexibility index (Phi) is 3.17. The average Bonchev–Trinajstić information content (AvgIpc) is 2.78. The van der Waals surface area contributed by atoms with Crippen molar-refractivity contribution in [1.29, 1.82) is 0 Å². The molecule has 0 aliphatic heterocycles. The first kappa shape index (κ1) is 12.1. The van der Waals surface area contributed by atoms with E-state index in [1.165, 1.54) is 12.1 Å². The molecule has 0 radical (unpaired) electrons. The highest BCUT2D eigenvalue weighted by Gasteiger charge is 2.11. The van der Waals surface area contributed by atoms with Crippen molar-refractivity contribution in [2.24, 2.45) is 0 Å². The van der Waals surface area contributed by atoms with E-state index < -0.39 is 0 Å². The van der Waals surface area contributed by atoms with Crippen molar-refractivity contribution in [3.8, 4) is 0 Å². The quantitative estimate of drug-likeness (QED) is 0.686. The predicted molar refractivity (Wildman–Crippen MR) is 72.6 cm³/mol. The molecule has 96 valence electrons. The van der Waals surface area contributed by atoms with Gasteiger partial charge in [0.05, 0.1) is 16.9 Å². The van der Waals surface area contributed by atoms with E-state index in [1.807, 2.05) is 16.7 Å². The number of aromatic nitrogens is 3. The van der Waals surface area contributed by atoms with Gasteiger partial charge in [-0.25, -0.2) is 9.37 Å².